The van der Waals surface area contributed by atoms with E-state index in [1.54, 1.807) is 19.0 Å². The number of anilines is 1. The maximum Gasteiger partial charge on any atom is 0.274 e. The topological polar surface area (TPSA) is 64.2 Å². The first kappa shape index (κ1) is 12.5. The van der Waals surface area contributed by atoms with Crippen molar-refractivity contribution in [1.82, 2.24) is 14.7 Å². The Morgan fingerprint density at radius 3 is 2.69 bits per heavy atom. The summed E-state index contributed by atoms with van der Waals surface area (Å²) < 4.78 is 1.52. The number of carbonyl (C=O) groups excluding carboxylic acids is 1. The number of nitrogen functional groups attached to an aromatic ring is 1. The van der Waals surface area contributed by atoms with Gasteiger partial charge in [-0.05, 0) is 12.3 Å². The van der Waals surface area contributed by atoms with E-state index >= 15 is 0 Å². The van der Waals surface area contributed by atoms with Crippen LogP contribution in [0.4, 0.5) is 5.69 Å². The van der Waals surface area contributed by atoms with Crippen LogP contribution in [0.3, 0.4) is 0 Å². The molecule has 0 aromatic carbocycles. The fourth-order valence-corrected chi connectivity index (χ4v) is 1.45. The number of carbonyl (C=O) groups is 1. The van der Waals surface area contributed by atoms with Crippen LogP contribution >= 0.6 is 0 Å². The first-order chi connectivity index (χ1) is 7.43. The number of rotatable bonds is 4. The van der Waals surface area contributed by atoms with E-state index in [1.807, 2.05) is 0 Å². The van der Waals surface area contributed by atoms with E-state index in [1.165, 1.54) is 10.9 Å². The summed E-state index contributed by atoms with van der Waals surface area (Å²) in [7, 11) is 3.51. The molecule has 0 fully saturated rings. The molecule has 1 heterocycles. The smallest absolute Gasteiger partial charge is 0.274 e. The Kier molecular flexibility index (Phi) is 3.93. The second-order valence-electron chi connectivity index (χ2n) is 4.48. The van der Waals surface area contributed by atoms with Crippen molar-refractivity contribution in [3.8, 4) is 0 Å². The van der Waals surface area contributed by atoms with Crippen LogP contribution in [0.25, 0.3) is 0 Å². The molecule has 0 spiro atoms. The van der Waals surface area contributed by atoms with E-state index in [0.29, 0.717) is 17.3 Å². The van der Waals surface area contributed by atoms with Gasteiger partial charge in [-0.1, -0.05) is 13.8 Å². The molecule has 0 aliphatic rings. The number of aryl methyl sites for hydroxylation is 1. The fraction of sp³-hybridized carbons (Fsp3) is 0.636. The Hall–Kier alpha value is -1.52. The summed E-state index contributed by atoms with van der Waals surface area (Å²) in [6, 6.07) is 0. The highest BCUT2D eigenvalue weighted by Gasteiger charge is 2.18. The number of aromatic nitrogens is 2. The molecule has 1 aromatic heterocycles. The SMILES string of the molecule is CC(C)CCN(C)C(=O)c1c(N)cnn1C. The van der Waals surface area contributed by atoms with Crippen LogP contribution in [0.5, 0.6) is 0 Å². The van der Waals surface area contributed by atoms with Gasteiger partial charge in [-0.2, -0.15) is 5.10 Å². The minimum Gasteiger partial charge on any atom is -0.396 e. The number of hydrogen-bond donors (Lipinski definition) is 1. The lowest BCUT2D eigenvalue weighted by atomic mass is 10.1. The number of amides is 1. The molecule has 16 heavy (non-hydrogen) atoms. The maximum atomic E-state index is 12.0. The molecule has 0 saturated carbocycles. The van der Waals surface area contributed by atoms with Gasteiger partial charge in [0, 0.05) is 20.6 Å². The predicted molar refractivity (Wildman–Crippen MR) is 64.0 cm³/mol. The van der Waals surface area contributed by atoms with E-state index in [4.69, 9.17) is 5.73 Å². The Morgan fingerprint density at radius 2 is 2.25 bits per heavy atom. The van der Waals surface area contributed by atoms with Crippen molar-refractivity contribution in [2.45, 2.75) is 20.3 Å². The molecule has 0 radical (unpaired) electrons. The molecule has 0 aliphatic heterocycles. The number of nitrogens with zero attached hydrogens (tertiary/aromatic N) is 3. The largest absolute Gasteiger partial charge is 0.396 e. The molecule has 0 bridgehead atoms. The Bertz CT molecular complexity index is 351. The van der Waals surface area contributed by atoms with Gasteiger partial charge in [0.15, 0.2) is 0 Å². The molecule has 0 unspecified atom stereocenters. The lowest BCUT2D eigenvalue weighted by molar-refractivity contribution is 0.0779. The van der Waals surface area contributed by atoms with E-state index in [0.717, 1.165) is 13.0 Å². The van der Waals surface area contributed by atoms with Crippen LogP contribution in [0.1, 0.15) is 30.8 Å². The number of nitrogens with two attached hydrogens (primary N) is 1. The molecular formula is C11H20N4O. The van der Waals surface area contributed by atoms with Crippen LogP contribution in [0, 0.1) is 5.92 Å². The molecule has 0 saturated heterocycles. The van der Waals surface area contributed by atoms with Crippen LogP contribution in [-0.2, 0) is 7.05 Å². The Balaban J connectivity index is 2.71. The quantitative estimate of drug-likeness (QED) is 0.833. The van der Waals surface area contributed by atoms with Gasteiger partial charge in [0.2, 0.25) is 0 Å². The van der Waals surface area contributed by atoms with Crippen LogP contribution < -0.4 is 5.73 Å². The zero-order valence-electron chi connectivity index (χ0n) is 10.4. The first-order valence-corrected chi connectivity index (χ1v) is 5.46. The van der Waals surface area contributed by atoms with Gasteiger partial charge in [0.1, 0.15) is 5.69 Å². The van der Waals surface area contributed by atoms with E-state index in [9.17, 15) is 4.79 Å². The zero-order valence-corrected chi connectivity index (χ0v) is 10.4. The summed E-state index contributed by atoms with van der Waals surface area (Å²) >= 11 is 0. The van der Waals surface area contributed by atoms with Crippen LogP contribution in [-0.4, -0.2) is 34.2 Å². The second kappa shape index (κ2) is 5.01. The second-order valence-corrected chi connectivity index (χ2v) is 4.48. The molecule has 90 valence electrons. The molecule has 5 nitrogen and oxygen atoms in total. The lowest BCUT2D eigenvalue weighted by Crippen LogP contribution is -2.30. The van der Waals surface area contributed by atoms with E-state index < -0.39 is 0 Å². The average Bonchev–Trinajstić information content (AvgIpc) is 2.54. The lowest BCUT2D eigenvalue weighted by Gasteiger charge is -2.18. The molecule has 5 heteroatoms. The minimum atomic E-state index is -0.0712. The number of hydrogen-bond acceptors (Lipinski definition) is 3. The highest BCUT2D eigenvalue weighted by Crippen LogP contribution is 2.12. The van der Waals surface area contributed by atoms with Gasteiger partial charge >= 0.3 is 0 Å². The standard InChI is InChI=1S/C11H20N4O/c1-8(2)5-6-14(3)11(16)10-9(12)7-13-15(10)4/h7-8H,5-6,12H2,1-4H3. The third-order valence-electron chi connectivity index (χ3n) is 2.56. The molecule has 1 amide bonds. The summed E-state index contributed by atoms with van der Waals surface area (Å²) in [5.41, 5.74) is 6.60. The molecular weight excluding hydrogens is 204 g/mol. The van der Waals surface area contributed by atoms with Gasteiger partial charge in [-0.25, -0.2) is 0 Å². The normalized spacial score (nSPS) is 10.8. The first-order valence-electron chi connectivity index (χ1n) is 5.46. The molecule has 0 atom stereocenters. The zero-order chi connectivity index (χ0) is 12.3. The van der Waals surface area contributed by atoms with Crippen molar-refractivity contribution in [2.24, 2.45) is 13.0 Å². The van der Waals surface area contributed by atoms with Crippen LogP contribution in [0.2, 0.25) is 0 Å². The van der Waals surface area contributed by atoms with Gasteiger partial charge in [-0.3, -0.25) is 9.48 Å². The fourth-order valence-electron chi connectivity index (χ4n) is 1.45. The van der Waals surface area contributed by atoms with Crippen molar-refractivity contribution in [3.63, 3.8) is 0 Å². The summed E-state index contributed by atoms with van der Waals surface area (Å²) in [4.78, 5) is 13.7. The Labute approximate surface area is 96.2 Å². The third kappa shape index (κ3) is 2.74. The third-order valence-corrected chi connectivity index (χ3v) is 2.56. The molecule has 1 aromatic rings. The monoisotopic (exact) mass is 224 g/mol. The molecule has 0 aliphatic carbocycles. The molecule has 1 rings (SSSR count). The maximum absolute atomic E-state index is 12.0. The van der Waals surface area contributed by atoms with Crippen molar-refractivity contribution < 1.29 is 4.79 Å². The summed E-state index contributed by atoms with van der Waals surface area (Å²) in [6.45, 7) is 5.01. The van der Waals surface area contributed by atoms with Gasteiger partial charge in [-0.15, -0.1) is 0 Å². The van der Waals surface area contributed by atoms with Gasteiger partial charge in [0.05, 0.1) is 11.9 Å². The van der Waals surface area contributed by atoms with Crippen molar-refractivity contribution in [2.75, 3.05) is 19.3 Å². The van der Waals surface area contributed by atoms with Crippen LogP contribution in [0.15, 0.2) is 6.20 Å². The van der Waals surface area contributed by atoms with E-state index in [-0.39, 0.29) is 5.91 Å². The van der Waals surface area contributed by atoms with Crippen molar-refractivity contribution in [1.29, 1.82) is 0 Å². The summed E-state index contributed by atoms with van der Waals surface area (Å²) in [5, 5.41) is 3.96. The van der Waals surface area contributed by atoms with Gasteiger partial charge in [0.25, 0.3) is 5.91 Å². The van der Waals surface area contributed by atoms with Crippen molar-refractivity contribution >= 4 is 11.6 Å². The molecule has 2 N–H and O–H groups in total. The van der Waals surface area contributed by atoms with E-state index in [2.05, 4.69) is 18.9 Å². The highest BCUT2D eigenvalue weighted by molar-refractivity contribution is 5.97. The average molecular weight is 224 g/mol. The minimum absolute atomic E-state index is 0.0712. The van der Waals surface area contributed by atoms with Crippen molar-refractivity contribution in [3.05, 3.63) is 11.9 Å². The summed E-state index contributed by atoms with van der Waals surface area (Å²) in [5.74, 6) is 0.511. The summed E-state index contributed by atoms with van der Waals surface area (Å²) in [6.07, 6.45) is 2.49. The Morgan fingerprint density at radius 1 is 1.62 bits per heavy atom. The highest BCUT2D eigenvalue weighted by atomic mass is 16.2. The van der Waals surface area contributed by atoms with Gasteiger partial charge < -0.3 is 10.6 Å². The predicted octanol–water partition coefficient (Wildman–Crippen LogP) is 1.12.